The average Bonchev–Trinajstić information content (AvgIpc) is 2.80. The molecular weight excluding hydrogens is 316 g/mol. The lowest BCUT2D eigenvalue weighted by Crippen LogP contribution is -2.54. The van der Waals surface area contributed by atoms with Gasteiger partial charge in [0.1, 0.15) is 11.8 Å². The van der Waals surface area contributed by atoms with Crippen molar-refractivity contribution in [2.45, 2.75) is 25.5 Å². The minimum atomic E-state index is -0.995. The zero-order valence-electron chi connectivity index (χ0n) is 13.3. The van der Waals surface area contributed by atoms with Crippen molar-refractivity contribution in [3.05, 3.63) is 28.8 Å². The zero-order chi connectivity index (χ0) is 17.4. The summed E-state index contributed by atoms with van der Waals surface area (Å²) in [5.74, 6) is -1.95. The number of hydrogen-bond donors (Lipinski definition) is 1. The first-order valence-electron chi connectivity index (χ1n) is 7.40. The Morgan fingerprint density at radius 2 is 1.92 bits per heavy atom. The number of rotatable bonds is 4. The van der Waals surface area contributed by atoms with E-state index in [1.807, 2.05) is 0 Å². The van der Waals surface area contributed by atoms with Crippen LogP contribution in [0.3, 0.4) is 0 Å². The Morgan fingerprint density at radius 3 is 2.54 bits per heavy atom. The van der Waals surface area contributed by atoms with E-state index >= 15 is 0 Å². The van der Waals surface area contributed by atoms with Crippen molar-refractivity contribution in [1.29, 1.82) is 0 Å². The summed E-state index contributed by atoms with van der Waals surface area (Å²) in [6.45, 7) is 0.219. The van der Waals surface area contributed by atoms with E-state index in [1.165, 1.54) is 20.3 Å². The highest BCUT2D eigenvalue weighted by Gasteiger charge is 2.46. The van der Waals surface area contributed by atoms with Crippen LogP contribution >= 0.6 is 0 Å². The quantitative estimate of drug-likeness (QED) is 0.793. The maximum Gasteiger partial charge on any atom is 0.266 e. The van der Waals surface area contributed by atoms with Gasteiger partial charge >= 0.3 is 0 Å². The summed E-state index contributed by atoms with van der Waals surface area (Å²) in [4.78, 5) is 49.6. The first-order valence-corrected chi connectivity index (χ1v) is 7.40. The molecule has 24 heavy (non-hydrogen) atoms. The van der Waals surface area contributed by atoms with Gasteiger partial charge in [-0.1, -0.05) is 6.07 Å². The molecule has 0 spiro atoms. The number of imide groups is 2. The van der Waals surface area contributed by atoms with Gasteiger partial charge in [0.15, 0.2) is 0 Å². The average molecular weight is 332 g/mol. The number of hydrogen-bond acceptors (Lipinski definition) is 6. The molecule has 2 heterocycles. The summed E-state index contributed by atoms with van der Waals surface area (Å²) < 4.78 is 10.4. The molecule has 8 nitrogen and oxygen atoms in total. The lowest BCUT2D eigenvalue weighted by molar-refractivity contribution is -0.136. The van der Waals surface area contributed by atoms with Gasteiger partial charge in [-0.25, -0.2) is 0 Å². The molecule has 1 atom stereocenters. The third kappa shape index (κ3) is 2.35. The van der Waals surface area contributed by atoms with E-state index in [0.717, 1.165) is 4.90 Å². The number of fused-ring (bicyclic) bond motifs is 1. The Labute approximate surface area is 137 Å². The van der Waals surface area contributed by atoms with Crippen LogP contribution in [-0.4, -0.2) is 48.8 Å². The van der Waals surface area contributed by atoms with Crippen molar-refractivity contribution in [1.82, 2.24) is 10.2 Å². The number of carbonyl (C=O) groups is 4. The number of benzene rings is 1. The van der Waals surface area contributed by atoms with Crippen LogP contribution in [0.25, 0.3) is 0 Å². The molecule has 0 aliphatic carbocycles. The van der Waals surface area contributed by atoms with Crippen molar-refractivity contribution in [2.24, 2.45) is 0 Å². The molecule has 0 saturated carbocycles. The predicted molar refractivity (Wildman–Crippen MR) is 80.4 cm³/mol. The second kappa shape index (κ2) is 6.04. The summed E-state index contributed by atoms with van der Waals surface area (Å²) in [5.41, 5.74) is 0.938. The topological polar surface area (TPSA) is 102 Å². The number of carbonyl (C=O) groups excluding carboxylic acids is 4. The standard InChI is InChI=1S/C16H16N2O6/c1-23-7-8-3-4-9-12(13(8)24-2)16(22)18(15(9)21)10-5-6-11(19)17-14(10)20/h3-4,10H,5-7H2,1-2H3,(H,17,19,20). The lowest BCUT2D eigenvalue weighted by atomic mass is 10.0. The minimum absolute atomic E-state index is 0.0792. The van der Waals surface area contributed by atoms with Gasteiger partial charge in [0.05, 0.1) is 24.8 Å². The maximum absolute atomic E-state index is 12.8. The van der Waals surface area contributed by atoms with E-state index in [0.29, 0.717) is 5.56 Å². The fraction of sp³-hybridized carbons (Fsp3) is 0.375. The summed E-state index contributed by atoms with van der Waals surface area (Å²) in [7, 11) is 2.91. The molecule has 1 aromatic carbocycles. The van der Waals surface area contributed by atoms with E-state index in [-0.39, 0.29) is 36.3 Å². The summed E-state index contributed by atoms with van der Waals surface area (Å²) in [6.07, 6.45) is 0.194. The van der Waals surface area contributed by atoms with Crippen LogP contribution in [0.2, 0.25) is 0 Å². The highest BCUT2D eigenvalue weighted by molar-refractivity contribution is 6.24. The van der Waals surface area contributed by atoms with E-state index in [4.69, 9.17) is 9.47 Å². The number of amides is 4. The van der Waals surface area contributed by atoms with Gasteiger partial charge in [0.25, 0.3) is 11.8 Å². The number of methoxy groups -OCH3 is 2. The number of nitrogens with one attached hydrogen (secondary N) is 1. The number of piperidine rings is 1. The van der Waals surface area contributed by atoms with Crippen molar-refractivity contribution in [2.75, 3.05) is 14.2 Å². The number of nitrogens with zero attached hydrogens (tertiary/aromatic N) is 1. The Hall–Kier alpha value is -2.74. The smallest absolute Gasteiger partial charge is 0.266 e. The molecule has 2 aliphatic heterocycles. The minimum Gasteiger partial charge on any atom is -0.496 e. The monoisotopic (exact) mass is 332 g/mol. The van der Waals surface area contributed by atoms with Crippen LogP contribution in [0, 0.1) is 0 Å². The third-order valence-electron chi connectivity index (χ3n) is 4.15. The number of ether oxygens (including phenoxy) is 2. The molecule has 0 radical (unpaired) electrons. The van der Waals surface area contributed by atoms with Crippen molar-refractivity contribution in [3.8, 4) is 5.75 Å². The normalized spacial score (nSPS) is 20.2. The van der Waals surface area contributed by atoms with E-state index in [2.05, 4.69) is 5.32 Å². The van der Waals surface area contributed by atoms with Crippen LogP contribution in [0.5, 0.6) is 5.75 Å². The summed E-state index contributed by atoms with van der Waals surface area (Å²) in [5, 5.41) is 2.16. The highest BCUT2D eigenvalue weighted by Crippen LogP contribution is 2.36. The Balaban J connectivity index is 2.02. The molecule has 0 aromatic heterocycles. The van der Waals surface area contributed by atoms with Gasteiger partial charge in [-0.15, -0.1) is 0 Å². The molecule has 1 saturated heterocycles. The molecule has 8 heteroatoms. The molecule has 1 fully saturated rings. The predicted octanol–water partition coefficient (Wildman–Crippen LogP) is 0.243. The van der Waals surface area contributed by atoms with Crippen molar-refractivity contribution in [3.63, 3.8) is 0 Å². The molecule has 1 unspecified atom stereocenters. The van der Waals surface area contributed by atoms with Crippen LogP contribution in [0.4, 0.5) is 0 Å². The van der Waals surface area contributed by atoms with Gasteiger partial charge in [-0.3, -0.25) is 29.4 Å². The largest absolute Gasteiger partial charge is 0.496 e. The second-order valence-corrected chi connectivity index (χ2v) is 5.56. The van der Waals surface area contributed by atoms with Crippen LogP contribution < -0.4 is 10.1 Å². The molecule has 4 amide bonds. The molecule has 126 valence electrons. The van der Waals surface area contributed by atoms with Gasteiger partial charge < -0.3 is 9.47 Å². The van der Waals surface area contributed by atoms with E-state index < -0.39 is 29.7 Å². The molecule has 2 aliphatic rings. The maximum atomic E-state index is 12.8. The highest BCUT2D eigenvalue weighted by atomic mass is 16.5. The molecule has 3 rings (SSSR count). The summed E-state index contributed by atoms with van der Waals surface area (Å²) >= 11 is 0. The molecule has 0 bridgehead atoms. The fourth-order valence-electron chi connectivity index (χ4n) is 3.07. The van der Waals surface area contributed by atoms with Gasteiger partial charge in [0, 0.05) is 19.1 Å². The van der Waals surface area contributed by atoms with Crippen molar-refractivity contribution >= 4 is 23.6 Å². The van der Waals surface area contributed by atoms with Crippen molar-refractivity contribution < 1.29 is 28.7 Å². The first kappa shape index (κ1) is 16.1. The molecular formula is C16H16N2O6. The first-order chi connectivity index (χ1) is 11.5. The lowest BCUT2D eigenvalue weighted by Gasteiger charge is -2.27. The van der Waals surface area contributed by atoms with Gasteiger partial charge in [0.2, 0.25) is 11.8 Å². The van der Waals surface area contributed by atoms with Crippen LogP contribution in [0.15, 0.2) is 12.1 Å². The van der Waals surface area contributed by atoms with Gasteiger partial charge in [-0.2, -0.15) is 0 Å². The SMILES string of the molecule is COCc1ccc2c(c1OC)C(=O)N(C1CCC(=O)NC1=O)C2=O. The molecule has 1 aromatic rings. The van der Waals surface area contributed by atoms with Crippen LogP contribution in [0.1, 0.15) is 39.1 Å². The van der Waals surface area contributed by atoms with E-state index in [9.17, 15) is 19.2 Å². The zero-order valence-corrected chi connectivity index (χ0v) is 13.3. The Kier molecular flexibility index (Phi) is 4.06. The second-order valence-electron chi connectivity index (χ2n) is 5.56. The third-order valence-corrected chi connectivity index (χ3v) is 4.15. The fourth-order valence-corrected chi connectivity index (χ4v) is 3.07. The van der Waals surface area contributed by atoms with E-state index in [1.54, 1.807) is 6.07 Å². The Morgan fingerprint density at radius 1 is 1.17 bits per heavy atom. The molecule has 1 N–H and O–H groups in total. The van der Waals surface area contributed by atoms with Gasteiger partial charge in [-0.05, 0) is 12.5 Å². The Bertz CT molecular complexity index is 757. The van der Waals surface area contributed by atoms with Crippen LogP contribution in [-0.2, 0) is 20.9 Å². The summed E-state index contributed by atoms with van der Waals surface area (Å²) in [6, 6.07) is 2.18.